The number of esters is 1. The van der Waals surface area contributed by atoms with Crippen molar-refractivity contribution < 1.29 is 29.0 Å². The molecule has 2 N–H and O–H groups in total. The average molecular weight is 389 g/mol. The molecule has 1 unspecified atom stereocenters. The average Bonchev–Trinajstić information content (AvgIpc) is 3.38. The van der Waals surface area contributed by atoms with Crippen molar-refractivity contribution in [3.8, 4) is 0 Å². The normalized spacial score (nSPS) is 30.3. The maximum Gasteiger partial charge on any atom is 0.337 e. The molecule has 3 atom stereocenters. The van der Waals surface area contributed by atoms with Gasteiger partial charge in [0.25, 0.3) is 5.91 Å². The summed E-state index contributed by atoms with van der Waals surface area (Å²) in [4.78, 5) is 36.2. The van der Waals surface area contributed by atoms with E-state index in [0.717, 1.165) is 5.57 Å². The molecule has 2 rings (SSSR count). The van der Waals surface area contributed by atoms with Crippen molar-refractivity contribution in [3.05, 3.63) is 47.1 Å². The van der Waals surface area contributed by atoms with Gasteiger partial charge in [-0.15, -0.1) is 0 Å². The zero-order chi connectivity index (χ0) is 21.1. The van der Waals surface area contributed by atoms with E-state index in [9.17, 15) is 19.5 Å². The van der Waals surface area contributed by atoms with Crippen LogP contribution in [0.2, 0.25) is 0 Å². The molecular weight excluding hydrogens is 362 g/mol. The van der Waals surface area contributed by atoms with E-state index in [4.69, 9.17) is 9.47 Å². The number of aliphatic hydroxyl groups is 1. The van der Waals surface area contributed by atoms with Crippen molar-refractivity contribution in [1.82, 2.24) is 5.32 Å². The van der Waals surface area contributed by atoms with Gasteiger partial charge in [-0.2, -0.15) is 0 Å². The second kappa shape index (κ2) is 8.24. The number of allylic oxidation sites excluding steroid dienone is 5. The third-order valence-electron chi connectivity index (χ3n) is 4.81. The summed E-state index contributed by atoms with van der Waals surface area (Å²) in [5.41, 5.74) is -1.29. The summed E-state index contributed by atoms with van der Waals surface area (Å²) in [5, 5.41) is 12.4. The van der Waals surface area contributed by atoms with E-state index < -0.39 is 29.1 Å². The highest BCUT2D eigenvalue weighted by Gasteiger charge is 2.79. The number of nitrogens with one attached hydrogen (secondary N) is 1. The fourth-order valence-corrected chi connectivity index (χ4v) is 3.22. The highest BCUT2D eigenvalue weighted by molar-refractivity contribution is 6.21. The molecule has 0 aliphatic carbocycles. The number of amides is 1. The van der Waals surface area contributed by atoms with Crippen molar-refractivity contribution >= 4 is 17.7 Å². The minimum atomic E-state index is -1.57. The van der Waals surface area contributed by atoms with Crippen LogP contribution < -0.4 is 5.32 Å². The first-order valence-corrected chi connectivity index (χ1v) is 9.14. The number of ketones is 1. The monoisotopic (exact) mass is 389 g/mol. The Morgan fingerprint density at radius 1 is 1.32 bits per heavy atom. The Morgan fingerprint density at radius 2 is 2.00 bits per heavy atom. The fraction of sp³-hybridized carbons (Fsp3) is 0.476. The number of hydrogen-bond donors (Lipinski definition) is 2. The van der Waals surface area contributed by atoms with Crippen LogP contribution in [0.25, 0.3) is 0 Å². The maximum atomic E-state index is 12.6. The van der Waals surface area contributed by atoms with Crippen molar-refractivity contribution in [2.45, 2.75) is 58.0 Å². The SMILES string of the molecule is C\C=C(/C=C(C)/C=C/CC/C=C(\C)C(=O)[C@@]12O[C@@H]1C(C)(O)NC2=O)C(=O)OC. The zero-order valence-electron chi connectivity index (χ0n) is 16.9. The summed E-state index contributed by atoms with van der Waals surface area (Å²) in [6.45, 7) is 6.69. The van der Waals surface area contributed by atoms with E-state index in [1.807, 2.05) is 19.1 Å². The number of methoxy groups -OCH3 is 1. The van der Waals surface area contributed by atoms with Gasteiger partial charge in [-0.3, -0.25) is 9.59 Å². The van der Waals surface area contributed by atoms with E-state index in [1.165, 1.54) is 14.0 Å². The Hall–Kier alpha value is -2.51. The number of Topliss-reactive ketones (excluding diaryl/α,β-unsaturated/α-hetero) is 1. The number of carbonyl (C=O) groups excluding carboxylic acids is 3. The molecule has 0 aromatic carbocycles. The van der Waals surface area contributed by atoms with Crippen LogP contribution in [0.1, 0.15) is 40.5 Å². The molecule has 7 nitrogen and oxygen atoms in total. The van der Waals surface area contributed by atoms with Crippen molar-refractivity contribution in [3.63, 3.8) is 0 Å². The van der Waals surface area contributed by atoms with Crippen molar-refractivity contribution in [1.29, 1.82) is 0 Å². The summed E-state index contributed by atoms with van der Waals surface area (Å²) in [5.74, 6) is -1.39. The first-order valence-electron chi connectivity index (χ1n) is 9.14. The molecule has 0 bridgehead atoms. The minimum absolute atomic E-state index is 0.387. The van der Waals surface area contributed by atoms with Crippen LogP contribution in [-0.2, 0) is 23.9 Å². The Balaban J connectivity index is 1.90. The topological polar surface area (TPSA) is 105 Å². The molecule has 28 heavy (non-hydrogen) atoms. The second-order valence-electron chi connectivity index (χ2n) is 7.16. The van der Waals surface area contributed by atoms with Gasteiger partial charge in [0.15, 0.2) is 11.8 Å². The number of ether oxygens (including phenoxy) is 2. The van der Waals surface area contributed by atoms with Crippen LogP contribution in [0.4, 0.5) is 0 Å². The summed E-state index contributed by atoms with van der Waals surface area (Å²) in [7, 11) is 1.34. The third-order valence-corrected chi connectivity index (χ3v) is 4.81. The van der Waals surface area contributed by atoms with Gasteiger partial charge >= 0.3 is 5.97 Å². The molecule has 2 aliphatic heterocycles. The Labute approximate surface area is 164 Å². The lowest BCUT2D eigenvalue weighted by Gasteiger charge is -2.16. The number of carbonyl (C=O) groups is 3. The molecule has 0 aromatic heterocycles. The van der Waals surface area contributed by atoms with Gasteiger partial charge in [-0.25, -0.2) is 4.79 Å². The van der Waals surface area contributed by atoms with E-state index in [1.54, 1.807) is 32.1 Å². The number of rotatable bonds is 8. The standard InChI is InChI=1S/C21H27NO6/c1-6-15(17(24)27-5)12-13(2)10-8-7-9-11-14(3)16(23)21-18(28-21)20(4,26)22-19(21)25/h6,8,10-12,18,26H,7,9H2,1-5H3,(H,22,25)/b10-8+,13-12+,14-11+,15-6+/t18-,20?,21-/m1/s1. The molecule has 0 saturated carbocycles. The maximum absolute atomic E-state index is 12.6. The lowest BCUT2D eigenvalue weighted by atomic mass is 9.93. The number of epoxide rings is 1. The second-order valence-corrected chi connectivity index (χ2v) is 7.16. The largest absolute Gasteiger partial charge is 0.465 e. The Bertz CT molecular complexity index is 802. The van der Waals surface area contributed by atoms with Crippen LogP contribution in [-0.4, -0.2) is 47.3 Å². The summed E-state index contributed by atoms with van der Waals surface area (Å²) >= 11 is 0. The molecule has 152 valence electrons. The van der Waals surface area contributed by atoms with Gasteiger partial charge in [-0.1, -0.05) is 29.9 Å². The summed E-state index contributed by atoms with van der Waals surface area (Å²) < 4.78 is 9.97. The molecule has 0 aromatic rings. The van der Waals surface area contributed by atoms with Crippen molar-refractivity contribution in [2.75, 3.05) is 7.11 Å². The molecule has 2 aliphatic rings. The van der Waals surface area contributed by atoms with Gasteiger partial charge in [-0.05, 0) is 52.2 Å². The lowest BCUT2D eigenvalue weighted by Crippen LogP contribution is -2.45. The molecule has 0 spiro atoms. The van der Waals surface area contributed by atoms with E-state index >= 15 is 0 Å². The van der Waals surface area contributed by atoms with Gasteiger partial charge in [0.2, 0.25) is 11.4 Å². The van der Waals surface area contributed by atoms with Gasteiger partial charge in [0, 0.05) is 0 Å². The zero-order valence-corrected chi connectivity index (χ0v) is 16.9. The molecular formula is C21H27NO6. The molecule has 1 amide bonds. The number of fused-ring (bicyclic) bond motifs is 1. The molecule has 2 fully saturated rings. The van der Waals surface area contributed by atoms with Gasteiger partial charge in [0.1, 0.15) is 0 Å². The quantitative estimate of drug-likeness (QED) is 0.164. The third kappa shape index (κ3) is 4.15. The molecule has 0 radical (unpaired) electrons. The summed E-state index contributed by atoms with van der Waals surface area (Å²) in [6.07, 6.45) is 9.45. The number of morpholine rings is 1. The van der Waals surface area contributed by atoms with Crippen LogP contribution in [0.5, 0.6) is 0 Å². The Kier molecular flexibility index (Phi) is 6.41. The lowest BCUT2D eigenvalue weighted by molar-refractivity contribution is -0.137. The summed E-state index contributed by atoms with van der Waals surface area (Å²) in [6, 6.07) is 0. The van der Waals surface area contributed by atoms with Crippen LogP contribution in [0.3, 0.4) is 0 Å². The highest BCUT2D eigenvalue weighted by atomic mass is 16.6. The highest BCUT2D eigenvalue weighted by Crippen LogP contribution is 2.49. The van der Waals surface area contributed by atoms with Gasteiger partial charge in [0.05, 0.1) is 12.7 Å². The molecule has 2 saturated heterocycles. The smallest absolute Gasteiger partial charge is 0.337 e. The fourth-order valence-electron chi connectivity index (χ4n) is 3.22. The first kappa shape index (κ1) is 21.8. The van der Waals surface area contributed by atoms with Crippen LogP contribution in [0.15, 0.2) is 47.1 Å². The Morgan fingerprint density at radius 3 is 2.50 bits per heavy atom. The van der Waals surface area contributed by atoms with Crippen molar-refractivity contribution in [2.24, 2.45) is 0 Å². The number of hydrogen-bond acceptors (Lipinski definition) is 6. The first-order chi connectivity index (χ1) is 13.1. The van der Waals surface area contributed by atoms with Crippen LogP contribution >= 0.6 is 0 Å². The molecule has 2 heterocycles. The predicted molar refractivity (Wildman–Crippen MR) is 103 cm³/mol. The van der Waals surface area contributed by atoms with E-state index in [0.29, 0.717) is 24.0 Å². The predicted octanol–water partition coefficient (Wildman–Crippen LogP) is 1.88. The van der Waals surface area contributed by atoms with E-state index in [2.05, 4.69) is 5.32 Å². The van der Waals surface area contributed by atoms with Gasteiger partial charge < -0.3 is 19.9 Å². The minimum Gasteiger partial charge on any atom is -0.465 e. The number of unbranched alkanes of at least 4 members (excludes halogenated alkanes) is 1. The van der Waals surface area contributed by atoms with E-state index in [-0.39, 0.29) is 5.97 Å². The van der Waals surface area contributed by atoms with Crippen LogP contribution in [0, 0.1) is 0 Å². The molecule has 7 heteroatoms.